The molecule has 18 heavy (non-hydrogen) atoms. The predicted molar refractivity (Wildman–Crippen MR) is 72.8 cm³/mol. The maximum absolute atomic E-state index is 10.7. The highest BCUT2D eigenvalue weighted by Gasteiger charge is 2.01. The highest BCUT2D eigenvalue weighted by atomic mass is 32.2. The summed E-state index contributed by atoms with van der Waals surface area (Å²) in [6, 6.07) is 10.3. The molecule has 0 atom stereocenters. The molecule has 1 aromatic carbocycles. The maximum Gasteiger partial charge on any atom is 0.209 e. The van der Waals surface area contributed by atoms with Gasteiger partial charge in [0.1, 0.15) is 0 Å². The molecule has 1 aromatic rings. The normalized spacial score (nSPS) is 11.6. The van der Waals surface area contributed by atoms with E-state index in [0.29, 0.717) is 19.6 Å². The summed E-state index contributed by atoms with van der Waals surface area (Å²) in [7, 11) is -3.31. The summed E-state index contributed by atoms with van der Waals surface area (Å²) in [6.45, 7) is 1.31. The van der Waals surface area contributed by atoms with Crippen LogP contribution in [-0.4, -0.2) is 27.4 Å². The number of sulfonamides is 1. The molecule has 2 N–H and O–H groups in total. The summed E-state index contributed by atoms with van der Waals surface area (Å²) in [5.74, 6) is 0.0420. The van der Waals surface area contributed by atoms with Crippen LogP contribution in [0.2, 0.25) is 0 Å². The lowest BCUT2D eigenvalue weighted by molar-refractivity contribution is 0.129. The van der Waals surface area contributed by atoms with E-state index in [9.17, 15) is 8.42 Å². The summed E-state index contributed by atoms with van der Waals surface area (Å²) in [4.78, 5) is 0. The zero-order chi connectivity index (χ0) is 13.3. The zero-order valence-corrected chi connectivity index (χ0v) is 11.4. The smallest absolute Gasteiger partial charge is 0.209 e. The first-order chi connectivity index (χ1) is 8.58. The minimum absolute atomic E-state index is 0.0420. The van der Waals surface area contributed by atoms with Gasteiger partial charge in [-0.05, 0) is 31.2 Å². The van der Waals surface area contributed by atoms with E-state index >= 15 is 0 Å². The van der Waals surface area contributed by atoms with E-state index in [-0.39, 0.29) is 5.75 Å². The van der Waals surface area contributed by atoms with Crippen LogP contribution in [0.25, 0.3) is 0 Å². The van der Waals surface area contributed by atoms with Crippen LogP contribution in [-0.2, 0) is 21.2 Å². The molecule has 1 rings (SSSR count). The molecule has 0 aliphatic rings. The average molecular weight is 271 g/mol. The van der Waals surface area contributed by atoms with E-state index in [1.54, 1.807) is 0 Å². The van der Waals surface area contributed by atoms with Gasteiger partial charge < -0.3 is 4.74 Å². The van der Waals surface area contributed by atoms with Gasteiger partial charge in [0.15, 0.2) is 0 Å². The van der Waals surface area contributed by atoms with Crippen LogP contribution in [0.15, 0.2) is 30.3 Å². The maximum atomic E-state index is 10.7. The molecule has 0 spiro atoms. The van der Waals surface area contributed by atoms with Gasteiger partial charge in [0.2, 0.25) is 10.0 Å². The Labute approximate surface area is 109 Å². The summed E-state index contributed by atoms with van der Waals surface area (Å²) >= 11 is 0. The van der Waals surface area contributed by atoms with E-state index in [2.05, 4.69) is 12.1 Å². The van der Waals surface area contributed by atoms with Gasteiger partial charge >= 0.3 is 0 Å². The fourth-order valence-electron chi connectivity index (χ4n) is 1.63. The second-order valence-electron chi connectivity index (χ2n) is 4.28. The Kier molecular flexibility index (Phi) is 6.93. The Morgan fingerprint density at radius 1 is 1.00 bits per heavy atom. The molecule has 0 aliphatic heterocycles. The second-order valence-corrected chi connectivity index (χ2v) is 6.01. The molecule has 0 bridgehead atoms. The van der Waals surface area contributed by atoms with Crippen molar-refractivity contribution >= 4 is 10.0 Å². The molecule has 0 aliphatic carbocycles. The van der Waals surface area contributed by atoms with Gasteiger partial charge in [-0.15, -0.1) is 0 Å². The first kappa shape index (κ1) is 15.1. The van der Waals surface area contributed by atoms with Crippen molar-refractivity contribution < 1.29 is 13.2 Å². The summed E-state index contributed by atoms with van der Waals surface area (Å²) < 4.78 is 26.8. The molecule has 0 saturated heterocycles. The quantitative estimate of drug-likeness (QED) is 0.695. The van der Waals surface area contributed by atoms with Crippen LogP contribution in [0.5, 0.6) is 0 Å². The van der Waals surface area contributed by atoms with E-state index in [0.717, 1.165) is 19.3 Å². The van der Waals surface area contributed by atoms with E-state index < -0.39 is 10.0 Å². The summed E-state index contributed by atoms with van der Waals surface area (Å²) in [6.07, 6.45) is 3.30. The number of hydrogen-bond acceptors (Lipinski definition) is 3. The highest BCUT2D eigenvalue weighted by Crippen LogP contribution is 2.02. The molecular weight excluding hydrogens is 250 g/mol. The van der Waals surface area contributed by atoms with Gasteiger partial charge in [-0.1, -0.05) is 30.3 Å². The first-order valence-corrected chi connectivity index (χ1v) is 7.91. The topological polar surface area (TPSA) is 69.4 Å². The average Bonchev–Trinajstić information content (AvgIpc) is 2.32. The van der Waals surface area contributed by atoms with Crippen molar-refractivity contribution in [1.82, 2.24) is 0 Å². The third kappa shape index (κ3) is 8.22. The lowest BCUT2D eigenvalue weighted by Gasteiger charge is -2.04. The van der Waals surface area contributed by atoms with Gasteiger partial charge in [0.05, 0.1) is 5.75 Å². The van der Waals surface area contributed by atoms with Gasteiger partial charge in [0, 0.05) is 13.2 Å². The molecule has 102 valence electrons. The molecule has 4 nitrogen and oxygen atoms in total. The number of primary sulfonamides is 1. The summed E-state index contributed by atoms with van der Waals surface area (Å²) in [5.41, 5.74) is 1.32. The number of nitrogens with two attached hydrogens (primary N) is 1. The Hall–Kier alpha value is -0.910. The summed E-state index contributed by atoms with van der Waals surface area (Å²) in [5, 5.41) is 4.89. The van der Waals surface area contributed by atoms with Crippen molar-refractivity contribution in [3.8, 4) is 0 Å². The zero-order valence-electron chi connectivity index (χ0n) is 10.5. The molecule has 0 aromatic heterocycles. The standard InChI is InChI=1S/C13H21NO3S/c14-18(15,16)12-5-4-10-17-11-6-9-13-7-2-1-3-8-13/h1-3,7-8H,4-6,9-12H2,(H2,14,15,16). The van der Waals surface area contributed by atoms with Crippen LogP contribution < -0.4 is 5.14 Å². The molecule has 0 radical (unpaired) electrons. The Morgan fingerprint density at radius 2 is 1.67 bits per heavy atom. The largest absolute Gasteiger partial charge is 0.381 e. The van der Waals surface area contributed by atoms with Crippen molar-refractivity contribution in [2.75, 3.05) is 19.0 Å². The molecule has 0 fully saturated rings. The third-order valence-corrected chi connectivity index (χ3v) is 3.42. The molecule has 0 saturated carbocycles. The highest BCUT2D eigenvalue weighted by molar-refractivity contribution is 7.89. The Balaban J connectivity index is 1.93. The SMILES string of the molecule is NS(=O)(=O)CCCCOCCCc1ccccc1. The number of rotatable bonds is 9. The van der Waals surface area contributed by atoms with Gasteiger partial charge in [-0.2, -0.15) is 0 Å². The van der Waals surface area contributed by atoms with Crippen molar-refractivity contribution in [3.05, 3.63) is 35.9 Å². The minimum Gasteiger partial charge on any atom is -0.381 e. The first-order valence-electron chi connectivity index (χ1n) is 6.20. The number of ether oxygens (including phenoxy) is 1. The molecule has 0 unspecified atom stereocenters. The van der Waals surface area contributed by atoms with Gasteiger partial charge in [0.25, 0.3) is 0 Å². The van der Waals surface area contributed by atoms with Crippen LogP contribution >= 0.6 is 0 Å². The van der Waals surface area contributed by atoms with Crippen molar-refractivity contribution in [3.63, 3.8) is 0 Å². The Morgan fingerprint density at radius 3 is 2.33 bits per heavy atom. The fraction of sp³-hybridized carbons (Fsp3) is 0.538. The van der Waals surface area contributed by atoms with Gasteiger partial charge in [-0.3, -0.25) is 0 Å². The van der Waals surface area contributed by atoms with Crippen LogP contribution in [0.4, 0.5) is 0 Å². The predicted octanol–water partition coefficient (Wildman–Crippen LogP) is 1.70. The molecule has 0 amide bonds. The van der Waals surface area contributed by atoms with Crippen LogP contribution in [0.3, 0.4) is 0 Å². The number of hydrogen-bond donors (Lipinski definition) is 1. The molecular formula is C13H21NO3S. The molecule has 5 heteroatoms. The number of unbranched alkanes of at least 4 members (excludes halogenated alkanes) is 1. The Bertz CT molecular complexity index is 417. The van der Waals surface area contributed by atoms with Crippen LogP contribution in [0, 0.1) is 0 Å². The van der Waals surface area contributed by atoms with E-state index in [1.165, 1.54) is 5.56 Å². The molecule has 0 heterocycles. The van der Waals surface area contributed by atoms with Crippen molar-refractivity contribution in [1.29, 1.82) is 0 Å². The van der Waals surface area contributed by atoms with Crippen molar-refractivity contribution in [2.24, 2.45) is 5.14 Å². The second kappa shape index (κ2) is 8.24. The van der Waals surface area contributed by atoms with E-state index in [4.69, 9.17) is 9.88 Å². The number of aryl methyl sites for hydroxylation is 1. The monoisotopic (exact) mass is 271 g/mol. The minimum atomic E-state index is -3.31. The van der Waals surface area contributed by atoms with Gasteiger partial charge in [-0.25, -0.2) is 13.6 Å². The lowest BCUT2D eigenvalue weighted by Crippen LogP contribution is -2.16. The van der Waals surface area contributed by atoms with E-state index in [1.807, 2.05) is 18.2 Å². The third-order valence-electron chi connectivity index (χ3n) is 2.56. The fourth-order valence-corrected chi connectivity index (χ4v) is 2.24. The number of benzene rings is 1. The van der Waals surface area contributed by atoms with Crippen molar-refractivity contribution in [2.45, 2.75) is 25.7 Å². The van der Waals surface area contributed by atoms with Crippen LogP contribution in [0.1, 0.15) is 24.8 Å². The lowest BCUT2D eigenvalue weighted by atomic mass is 10.1.